The van der Waals surface area contributed by atoms with Gasteiger partial charge in [0.15, 0.2) is 4.91 Å². The van der Waals surface area contributed by atoms with Crippen LogP contribution in [0.2, 0.25) is 0 Å². The second kappa shape index (κ2) is 9.02. The number of sulfonamides is 1. The molecule has 0 spiro atoms. The largest absolute Gasteiger partial charge is 0.367 e. The van der Waals surface area contributed by atoms with Crippen LogP contribution in [0.3, 0.4) is 0 Å². The fraction of sp³-hybridized carbons (Fsp3) is 0.565. The summed E-state index contributed by atoms with van der Waals surface area (Å²) in [5.41, 5.74) is 0.510. The second-order valence-electron chi connectivity index (χ2n) is 8.33. The standard InChI is InChI=1S/C23H32N2O4S/c1-5-14-24(15-6-2)20-21(26)18-12-7-8-13-19(18)22(27)23(20)30(28,29)25-16(3)10-9-11-17(25)4/h7-8,12-13,16-17H,5-6,9-11,14-15H2,1-4H3. The molecule has 0 saturated carbocycles. The van der Waals surface area contributed by atoms with E-state index in [1.54, 1.807) is 29.2 Å². The molecule has 1 heterocycles. The third-order valence-electron chi connectivity index (χ3n) is 6.00. The Kier molecular flexibility index (Phi) is 6.82. The van der Waals surface area contributed by atoms with E-state index >= 15 is 0 Å². The Morgan fingerprint density at radius 2 is 1.43 bits per heavy atom. The van der Waals surface area contributed by atoms with Crippen molar-refractivity contribution in [1.29, 1.82) is 0 Å². The molecule has 2 aliphatic rings. The highest BCUT2D eigenvalue weighted by molar-refractivity contribution is 7.94. The monoisotopic (exact) mass is 432 g/mol. The maximum atomic E-state index is 13.9. The topological polar surface area (TPSA) is 74.8 Å². The van der Waals surface area contributed by atoms with Crippen LogP contribution in [0.5, 0.6) is 0 Å². The number of Topliss-reactive ketones (excluding diaryl/α,β-unsaturated/α-hetero) is 2. The molecule has 1 aromatic carbocycles. The van der Waals surface area contributed by atoms with E-state index in [4.69, 9.17) is 0 Å². The molecule has 1 fully saturated rings. The van der Waals surface area contributed by atoms with Gasteiger partial charge in [-0.2, -0.15) is 4.31 Å². The molecular weight excluding hydrogens is 400 g/mol. The third-order valence-corrected chi connectivity index (χ3v) is 8.17. The van der Waals surface area contributed by atoms with Gasteiger partial charge < -0.3 is 4.90 Å². The van der Waals surface area contributed by atoms with Gasteiger partial charge in [-0.1, -0.05) is 44.5 Å². The Bertz CT molecular complexity index is 951. The minimum atomic E-state index is -4.14. The van der Waals surface area contributed by atoms with Gasteiger partial charge in [-0.3, -0.25) is 9.59 Å². The Morgan fingerprint density at radius 3 is 1.93 bits per heavy atom. The number of carbonyl (C=O) groups excluding carboxylic acids is 2. The zero-order valence-corrected chi connectivity index (χ0v) is 19.2. The molecule has 6 nitrogen and oxygen atoms in total. The van der Waals surface area contributed by atoms with Crippen LogP contribution in [0, 0.1) is 0 Å². The molecule has 7 heteroatoms. The number of carbonyl (C=O) groups is 2. The molecule has 0 aromatic heterocycles. The number of hydrogen-bond acceptors (Lipinski definition) is 5. The summed E-state index contributed by atoms with van der Waals surface area (Å²) in [6.45, 7) is 8.77. The van der Waals surface area contributed by atoms with E-state index in [0.29, 0.717) is 13.1 Å². The Morgan fingerprint density at radius 1 is 0.933 bits per heavy atom. The molecule has 1 aliphatic carbocycles. The first-order chi connectivity index (χ1) is 14.3. The summed E-state index contributed by atoms with van der Waals surface area (Å²) in [5.74, 6) is -0.939. The van der Waals surface area contributed by atoms with Crippen molar-refractivity contribution in [3.8, 4) is 0 Å². The first-order valence-corrected chi connectivity index (χ1v) is 12.4. The van der Waals surface area contributed by atoms with E-state index in [1.807, 2.05) is 27.7 Å². The molecule has 164 valence electrons. The molecule has 2 unspecified atom stereocenters. The van der Waals surface area contributed by atoms with Gasteiger partial charge in [0.25, 0.3) is 0 Å². The van der Waals surface area contributed by atoms with E-state index in [-0.39, 0.29) is 39.6 Å². The number of nitrogens with zero attached hydrogens (tertiary/aromatic N) is 2. The predicted molar refractivity (Wildman–Crippen MR) is 118 cm³/mol. The highest BCUT2D eigenvalue weighted by Gasteiger charge is 2.46. The lowest BCUT2D eigenvalue weighted by Gasteiger charge is -2.39. The van der Waals surface area contributed by atoms with Crippen molar-refractivity contribution in [1.82, 2.24) is 9.21 Å². The predicted octanol–water partition coefficient (Wildman–Crippen LogP) is 3.99. The van der Waals surface area contributed by atoms with E-state index in [2.05, 4.69) is 0 Å². The molecular formula is C23H32N2O4S. The quantitative estimate of drug-likeness (QED) is 0.651. The summed E-state index contributed by atoms with van der Waals surface area (Å²) < 4.78 is 29.3. The van der Waals surface area contributed by atoms with E-state index in [0.717, 1.165) is 32.1 Å². The van der Waals surface area contributed by atoms with Crippen LogP contribution >= 0.6 is 0 Å². The molecule has 2 atom stereocenters. The number of hydrogen-bond donors (Lipinski definition) is 0. The molecule has 3 rings (SSSR count). The van der Waals surface area contributed by atoms with E-state index < -0.39 is 15.8 Å². The van der Waals surface area contributed by atoms with Crippen LogP contribution in [0.4, 0.5) is 0 Å². The lowest BCUT2D eigenvalue weighted by molar-refractivity contribution is 0.0944. The van der Waals surface area contributed by atoms with Crippen molar-refractivity contribution in [2.24, 2.45) is 0 Å². The van der Waals surface area contributed by atoms with Gasteiger partial charge in [-0.15, -0.1) is 0 Å². The van der Waals surface area contributed by atoms with Crippen molar-refractivity contribution in [2.75, 3.05) is 13.1 Å². The lowest BCUT2D eigenvalue weighted by atomic mass is 9.91. The summed E-state index contributed by atoms with van der Waals surface area (Å²) >= 11 is 0. The van der Waals surface area contributed by atoms with Crippen LogP contribution in [0.1, 0.15) is 80.5 Å². The summed E-state index contributed by atoms with van der Waals surface area (Å²) in [6.07, 6.45) is 3.94. The average molecular weight is 433 g/mol. The highest BCUT2D eigenvalue weighted by atomic mass is 32.2. The van der Waals surface area contributed by atoms with Crippen LogP contribution in [-0.2, 0) is 10.0 Å². The summed E-state index contributed by atoms with van der Waals surface area (Å²) in [4.78, 5) is 28.5. The molecule has 0 N–H and O–H groups in total. The van der Waals surface area contributed by atoms with Crippen LogP contribution < -0.4 is 0 Å². The maximum absolute atomic E-state index is 13.9. The average Bonchev–Trinajstić information content (AvgIpc) is 2.70. The molecule has 1 saturated heterocycles. The number of ketones is 2. The van der Waals surface area contributed by atoms with E-state index in [9.17, 15) is 18.0 Å². The number of allylic oxidation sites excluding steroid dienone is 2. The molecule has 30 heavy (non-hydrogen) atoms. The minimum Gasteiger partial charge on any atom is -0.367 e. The fourth-order valence-electron chi connectivity index (χ4n) is 4.72. The lowest BCUT2D eigenvalue weighted by Crippen LogP contribution is -2.50. The van der Waals surface area contributed by atoms with Gasteiger partial charge in [0.2, 0.25) is 21.6 Å². The first kappa shape index (κ1) is 22.7. The third kappa shape index (κ3) is 3.85. The number of benzene rings is 1. The van der Waals surface area contributed by atoms with Crippen molar-refractivity contribution in [3.05, 3.63) is 46.0 Å². The fourth-order valence-corrected chi connectivity index (χ4v) is 6.90. The van der Waals surface area contributed by atoms with Crippen molar-refractivity contribution < 1.29 is 18.0 Å². The SMILES string of the molecule is CCCN(CCC)C1=C(S(=O)(=O)N2C(C)CCCC2C)C(=O)c2ccccc2C1=O. The summed E-state index contributed by atoms with van der Waals surface area (Å²) in [7, 11) is -4.14. The van der Waals surface area contributed by atoms with Gasteiger partial charge in [0.05, 0.1) is 0 Å². The Labute approximate surface area is 180 Å². The Hall–Kier alpha value is -1.99. The highest BCUT2D eigenvalue weighted by Crippen LogP contribution is 2.36. The van der Waals surface area contributed by atoms with Crippen LogP contribution in [0.25, 0.3) is 0 Å². The Balaban J connectivity index is 2.27. The second-order valence-corrected chi connectivity index (χ2v) is 10.1. The molecule has 1 aliphatic heterocycles. The molecule has 0 radical (unpaired) electrons. The van der Waals surface area contributed by atoms with Crippen molar-refractivity contribution in [3.63, 3.8) is 0 Å². The van der Waals surface area contributed by atoms with E-state index in [1.165, 1.54) is 4.31 Å². The molecule has 1 aromatic rings. The smallest absolute Gasteiger partial charge is 0.249 e. The molecule has 0 bridgehead atoms. The summed E-state index contributed by atoms with van der Waals surface area (Å²) in [5, 5.41) is 0. The van der Waals surface area contributed by atoms with Crippen molar-refractivity contribution in [2.45, 2.75) is 71.9 Å². The van der Waals surface area contributed by atoms with Gasteiger partial charge in [0.1, 0.15) is 5.70 Å². The number of fused-ring (bicyclic) bond motifs is 1. The van der Waals surface area contributed by atoms with Crippen LogP contribution in [-0.4, -0.2) is 54.4 Å². The number of piperidine rings is 1. The minimum absolute atomic E-state index is 0.0485. The van der Waals surface area contributed by atoms with Crippen LogP contribution in [0.15, 0.2) is 34.9 Å². The maximum Gasteiger partial charge on any atom is 0.249 e. The molecule has 0 amide bonds. The van der Waals surface area contributed by atoms with Crippen molar-refractivity contribution >= 4 is 21.6 Å². The zero-order valence-electron chi connectivity index (χ0n) is 18.3. The zero-order chi connectivity index (χ0) is 22.1. The normalized spacial score (nSPS) is 22.9. The number of rotatable bonds is 7. The van der Waals surface area contributed by atoms with Gasteiger partial charge >= 0.3 is 0 Å². The van der Waals surface area contributed by atoms with Gasteiger partial charge in [-0.05, 0) is 39.5 Å². The van der Waals surface area contributed by atoms with Gasteiger partial charge in [0, 0.05) is 36.3 Å². The first-order valence-electron chi connectivity index (χ1n) is 11.0. The summed E-state index contributed by atoms with van der Waals surface area (Å²) in [6, 6.07) is 6.12. The van der Waals surface area contributed by atoms with Gasteiger partial charge in [-0.25, -0.2) is 8.42 Å².